The number of nitro groups is 1. The normalized spacial score (nSPS) is 20.5. The predicted molar refractivity (Wildman–Crippen MR) is 84.7 cm³/mol. The molecule has 0 bridgehead atoms. The van der Waals surface area contributed by atoms with Gasteiger partial charge < -0.3 is 14.4 Å². The van der Waals surface area contributed by atoms with Crippen LogP contribution in [0.5, 0.6) is 0 Å². The summed E-state index contributed by atoms with van der Waals surface area (Å²) in [7, 11) is 0. The van der Waals surface area contributed by atoms with E-state index in [-0.39, 0.29) is 29.4 Å². The fourth-order valence-corrected chi connectivity index (χ4v) is 2.74. The zero-order valence-corrected chi connectivity index (χ0v) is 13.9. The first-order valence-electron chi connectivity index (χ1n) is 7.64. The van der Waals surface area contributed by atoms with Gasteiger partial charge in [-0.15, -0.1) is 0 Å². The zero-order chi connectivity index (χ0) is 17.9. The Morgan fingerprint density at radius 2 is 1.96 bits per heavy atom. The summed E-state index contributed by atoms with van der Waals surface area (Å²) in [4.78, 5) is 36.3. The molecule has 1 fully saturated rings. The quantitative estimate of drug-likeness (QED) is 0.471. The molecule has 0 saturated carbocycles. The maximum atomic E-state index is 12.2. The van der Waals surface area contributed by atoms with E-state index in [4.69, 9.17) is 9.47 Å². The second kappa shape index (κ2) is 7.39. The average Bonchev–Trinajstić information content (AvgIpc) is 2.50. The number of carbonyl (C=O) groups is 2. The Labute approximate surface area is 139 Å². The van der Waals surface area contributed by atoms with Crippen LogP contribution in [-0.2, 0) is 14.3 Å². The number of benzene rings is 1. The molecule has 24 heavy (non-hydrogen) atoms. The van der Waals surface area contributed by atoms with Gasteiger partial charge in [-0.2, -0.15) is 0 Å². The lowest BCUT2D eigenvalue weighted by Gasteiger charge is -2.35. The number of para-hydroxylation sites is 1. The number of amides is 1. The molecular weight excluding hydrogens is 316 g/mol. The van der Waals surface area contributed by atoms with E-state index in [0.29, 0.717) is 18.7 Å². The van der Waals surface area contributed by atoms with Gasteiger partial charge in [0.15, 0.2) is 6.61 Å². The Bertz CT molecular complexity index is 650. The van der Waals surface area contributed by atoms with Crippen LogP contribution < -0.4 is 0 Å². The van der Waals surface area contributed by atoms with Gasteiger partial charge >= 0.3 is 5.97 Å². The van der Waals surface area contributed by atoms with Crippen LogP contribution in [0, 0.1) is 17.0 Å². The molecule has 8 nitrogen and oxygen atoms in total. The van der Waals surface area contributed by atoms with Crippen molar-refractivity contribution >= 4 is 17.6 Å². The molecule has 0 unspecified atom stereocenters. The van der Waals surface area contributed by atoms with Crippen LogP contribution in [0.15, 0.2) is 18.2 Å². The molecule has 2 atom stereocenters. The summed E-state index contributed by atoms with van der Waals surface area (Å²) in [5.41, 5.74) is -0.100. The van der Waals surface area contributed by atoms with Crippen molar-refractivity contribution in [3.63, 3.8) is 0 Å². The van der Waals surface area contributed by atoms with Gasteiger partial charge in [0, 0.05) is 18.7 Å². The number of nitrogens with zero attached hydrogens (tertiary/aromatic N) is 2. The molecule has 1 saturated heterocycles. The second-order valence-electron chi connectivity index (χ2n) is 5.86. The Hall–Kier alpha value is -2.48. The summed E-state index contributed by atoms with van der Waals surface area (Å²) >= 11 is 0. The highest BCUT2D eigenvalue weighted by molar-refractivity contribution is 5.95. The Morgan fingerprint density at radius 3 is 2.54 bits per heavy atom. The topological polar surface area (TPSA) is 99.0 Å². The number of esters is 1. The van der Waals surface area contributed by atoms with E-state index in [1.807, 2.05) is 13.8 Å². The Kier molecular flexibility index (Phi) is 5.50. The van der Waals surface area contributed by atoms with Gasteiger partial charge in [-0.25, -0.2) is 4.79 Å². The minimum absolute atomic E-state index is 0.0914. The highest BCUT2D eigenvalue weighted by atomic mass is 16.6. The third-order valence-corrected chi connectivity index (χ3v) is 3.74. The van der Waals surface area contributed by atoms with Crippen molar-refractivity contribution in [3.8, 4) is 0 Å². The van der Waals surface area contributed by atoms with Gasteiger partial charge in [0.1, 0.15) is 5.56 Å². The van der Waals surface area contributed by atoms with Crippen molar-refractivity contribution < 1.29 is 24.0 Å². The van der Waals surface area contributed by atoms with E-state index in [1.165, 1.54) is 25.1 Å². The molecule has 1 aromatic carbocycles. The minimum atomic E-state index is -0.881. The maximum Gasteiger partial charge on any atom is 0.345 e. The van der Waals surface area contributed by atoms with Crippen molar-refractivity contribution in [1.82, 2.24) is 4.90 Å². The van der Waals surface area contributed by atoms with E-state index in [0.717, 1.165) is 0 Å². The number of rotatable bonds is 4. The molecule has 0 radical (unpaired) electrons. The standard InChI is InChI=1S/C16H20N2O6/c1-10-5-4-6-13(15(10)18(21)22)16(20)23-9-14(19)17-7-11(2)24-12(3)8-17/h4-6,11-12H,7-9H2,1-3H3/t11-,12-/m1/s1. The van der Waals surface area contributed by atoms with Crippen LogP contribution in [0.25, 0.3) is 0 Å². The molecule has 1 aromatic rings. The van der Waals surface area contributed by atoms with Crippen LogP contribution in [0.1, 0.15) is 29.8 Å². The number of ether oxygens (including phenoxy) is 2. The molecule has 130 valence electrons. The third kappa shape index (κ3) is 4.08. The van der Waals surface area contributed by atoms with Gasteiger partial charge in [-0.05, 0) is 26.8 Å². The summed E-state index contributed by atoms with van der Waals surface area (Å²) < 4.78 is 10.5. The highest BCUT2D eigenvalue weighted by Crippen LogP contribution is 2.23. The zero-order valence-electron chi connectivity index (χ0n) is 13.9. The van der Waals surface area contributed by atoms with Crippen LogP contribution in [0.2, 0.25) is 0 Å². The number of carbonyl (C=O) groups excluding carboxylic acids is 2. The van der Waals surface area contributed by atoms with E-state index in [1.54, 1.807) is 4.90 Å². The van der Waals surface area contributed by atoms with Gasteiger partial charge in [0.2, 0.25) is 0 Å². The average molecular weight is 336 g/mol. The van der Waals surface area contributed by atoms with Crippen molar-refractivity contribution in [2.24, 2.45) is 0 Å². The van der Waals surface area contributed by atoms with Gasteiger partial charge in [-0.3, -0.25) is 14.9 Å². The fraction of sp³-hybridized carbons (Fsp3) is 0.500. The van der Waals surface area contributed by atoms with E-state index >= 15 is 0 Å². The molecule has 8 heteroatoms. The van der Waals surface area contributed by atoms with Crippen LogP contribution in [0.4, 0.5) is 5.69 Å². The Morgan fingerprint density at radius 1 is 1.33 bits per heavy atom. The van der Waals surface area contributed by atoms with Gasteiger partial charge in [-0.1, -0.05) is 12.1 Å². The van der Waals surface area contributed by atoms with Crippen LogP contribution in [0.3, 0.4) is 0 Å². The summed E-state index contributed by atoms with van der Waals surface area (Å²) in [6.45, 7) is 5.65. The number of hydrogen-bond acceptors (Lipinski definition) is 6. The molecule has 1 aliphatic rings. The summed E-state index contributed by atoms with van der Waals surface area (Å²) in [5, 5.41) is 11.1. The predicted octanol–water partition coefficient (Wildman–Crippen LogP) is 1.70. The number of morpholine rings is 1. The maximum absolute atomic E-state index is 12.2. The Balaban J connectivity index is 2.02. The minimum Gasteiger partial charge on any atom is -0.452 e. The van der Waals surface area contributed by atoms with Crippen LogP contribution >= 0.6 is 0 Å². The molecule has 0 aromatic heterocycles. The van der Waals surface area contributed by atoms with E-state index in [2.05, 4.69) is 0 Å². The molecule has 1 aliphatic heterocycles. The first-order chi connectivity index (χ1) is 11.3. The van der Waals surface area contributed by atoms with Crippen molar-refractivity contribution in [3.05, 3.63) is 39.4 Å². The number of nitro benzene ring substituents is 1. The SMILES string of the molecule is Cc1cccc(C(=O)OCC(=O)N2C[C@@H](C)O[C@H](C)C2)c1[N+](=O)[O-]. The molecular formula is C16H20N2O6. The van der Waals surface area contributed by atoms with E-state index in [9.17, 15) is 19.7 Å². The largest absolute Gasteiger partial charge is 0.452 e. The lowest BCUT2D eigenvalue weighted by molar-refractivity contribution is -0.385. The van der Waals surface area contributed by atoms with Crippen molar-refractivity contribution in [2.75, 3.05) is 19.7 Å². The van der Waals surface area contributed by atoms with Crippen molar-refractivity contribution in [1.29, 1.82) is 0 Å². The molecule has 1 heterocycles. The molecule has 2 rings (SSSR count). The molecule has 0 spiro atoms. The second-order valence-corrected chi connectivity index (χ2v) is 5.86. The lowest BCUT2D eigenvalue weighted by Crippen LogP contribution is -2.49. The monoisotopic (exact) mass is 336 g/mol. The first kappa shape index (κ1) is 17.9. The fourth-order valence-electron chi connectivity index (χ4n) is 2.74. The molecule has 1 amide bonds. The smallest absolute Gasteiger partial charge is 0.345 e. The number of hydrogen-bond donors (Lipinski definition) is 0. The van der Waals surface area contributed by atoms with Crippen molar-refractivity contribution in [2.45, 2.75) is 33.0 Å². The first-order valence-corrected chi connectivity index (χ1v) is 7.64. The summed E-state index contributed by atoms with van der Waals surface area (Å²) in [5.74, 6) is -1.23. The lowest BCUT2D eigenvalue weighted by atomic mass is 10.1. The highest BCUT2D eigenvalue weighted by Gasteiger charge is 2.28. The molecule has 0 aliphatic carbocycles. The number of aryl methyl sites for hydroxylation is 1. The van der Waals surface area contributed by atoms with E-state index < -0.39 is 17.5 Å². The summed E-state index contributed by atoms with van der Waals surface area (Å²) in [6, 6.07) is 4.39. The summed E-state index contributed by atoms with van der Waals surface area (Å²) in [6.07, 6.45) is -0.183. The van der Waals surface area contributed by atoms with Gasteiger partial charge in [0.25, 0.3) is 11.6 Å². The van der Waals surface area contributed by atoms with Gasteiger partial charge in [0.05, 0.1) is 17.1 Å². The van der Waals surface area contributed by atoms with Crippen LogP contribution in [-0.4, -0.2) is 53.6 Å². The molecule has 0 N–H and O–H groups in total. The third-order valence-electron chi connectivity index (χ3n) is 3.74.